The molecule has 1 fully saturated rings. The number of hydrogen-bond donors (Lipinski definition) is 5. The Morgan fingerprint density at radius 3 is 2.45 bits per heavy atom. The molecule has 14 heteroatoms. The summed E-state index contributed by atoms with van der Waals surface area (Å²) in [5.41, 5.74) is 0.897. The Kier molecular flexibility index (Phi) is 9.83. The van der Waals surface area contributed by atoms with E-state index in [-0.39, 0.29) is 23.4 Å². The summed E-state index contributed by atoms with van der Waals surface area (Å²) in [6, 6.07) is 17.0. The minimum Gasteiger partial charge on any atom is -0.480 e. The second-order valence-electron chi connectivity index (χ2n) is 9.39. The van der Waals surface area contributed by atoms with E-state index >= 15 is 0 Å². The van der Waals surface area contributed by atoms with E-state index in [0.717, 1.165) is 4.31 Å². The van der Waals surface area contributed by atoms with Crippen LogP contribution in [-0.4, -0.2) is 78.2 Å². The lowest BCUT2D eigenvalue weighted by Gasteiger charge is -2.25. The summed E-state index contributed by atoms with van der Waals surface area (Å²) in [7, 11) is -3.96. The summed E-state index contributed by atoms with van der Waals surface area (Å²) in [5.74, 6) is -2.81. The number of nitrogens with one attached hydrogen (secondary N) is 4. The molecule has 2 heterocycles. The van der Waals surface area contributed by atoms with Crippen LogP contribution in [0.25, 0.3) is 0 Å². The number of carboxylic acid groups (broad SMARTS) is 1. The van der Waals surface area contributed by atoms with E-state index in [1.807, 2.05) is 6.07 Å². The number of anilines is 2. The molecule has 2 atom stereocenters. The van der Waals surface area contributed by atoms with Crippen LogP contribution in [0, 0.1) is 0 Å². The Bertz CT molecular complexity index is 1540. The molecule has 1 unspecified atom stereocenters. The molecular weight excluding hydrogens is 564 g/mol. The maximum Gasteiger partial charge on any atom is 0.328 e. The van der Waals surface area contributed by atoms with Crippen LogP contribution in [0.3, 0.4) is 0 Å². The molecule has 3 aromatic rings. The molecule has 42 heavy (non-hydrogen) atoms. The van der Waals surface area contributed by atoms with E-state index in [9.17, 15) is 32.7 Å². The Hall–Kier alpha value is -4.82. The van der Waals surface area contributed by atoms with Gasteiger partial charge in [-0.3, -0.25) is 14.4 Å². The van der Waals surface area contributed by atoms with Gasteiger partial charge >= 0.3 is 5.97 Å². The summed E-state index contributed by atoms with van der Waals surface area (Å²) in [5, 5.41) is 19.8. The van der Waals surface area contributed by atoms with E-state index in [1.54, 1.807) is 60.8 Å². The summed E-state index contributed by atoms with van der Waals surface area (Å²) < 4.78 is 27.2. The number of carboxylic acids is 1. The van der Waals surface area contributed by atoms with Crippen molar-refractivity contribution in [2.45, 2.75) is 29.8 Å². The van der Waals surface area contributed by atoms with Crippen LogP contribution < -0.4 is 21.3 Å². The molecule has 1 aliphatic rings. The largest absolute Gasteiger partial charge is 0.480 e. The van der Waals surface area contributed by atoms with Crippen molar-refractivity contribution in [1.82, 2.24) is 25.2 Å². The topological polar surface area (TPSA) is 187 Å². The number of amides is 3. The van der Waals surface area contributed by atoms with Gasteiger partial charge in [0, 0.05) is 30.5 Å². The van der Waals surface area contributed by atoms with Gasteiger partial charge in [0.2, 0.25) is 21.8 Å². The highest BCUT2D eigenvalue weighted by Crippen LogP contribution is 2.26. The Morgan fingerprint density at radius 1 is 0.976 bits per heavy atom. The lowest BCUT2D eigenvalue weighted by atomic mass is 10.2. The number of benzene rings is 2. The zero-order valence-electron chi connectivity index (χ0n) is 22.4. The van der Waals surface area contributed by atoms with Crippen LogP contribution in [0.5, 0.6) is 0 Å². The maximum atomic E-state index is 13.0. The van der Waals surface area contributed by atoms with Crippen molar-refractivity contribution >= 4 is 45.2 Å². The van der Waals surface area contributed by atoms with Crippen LogP contribution in [0.15, 0.2) is 83.9 Å². The molecule has 3 amide bonds. The van der Waals surface area contributed by atoms with Crippen molar-refractivity contribution in [3.63, 3.8) is 0 Å². The third kappa shape index (κ3) is 7.67. The normalized spacial score (nSPS) is 15.8. The van der Waals surface area contributed by atoms with Crippen molar-refractivity contribution < 1.29 is 32.7 Å². The molecule has 220 valence electrons. The highest BCUT2D eigenvalue weighted by molar-refractivity contribution is 7.89. The van der Waals surface area contributed by atoms with Crippen molar-refractivity contribution in [3.8, 4) is 0 Å². The lowest BCUT2D eigenvalue weighted by Crippen LogP contribution is -2.54. The van der Waals surface area contributed by atoms with Gasteiger partial charge in [-0.25, -0.2) is 18.2 Å². The van der Waals surface area contributed by atoms with Crippen molar-refractivity contribution in [1.29, 1.82) is 0 Å². The number of carbonyl (C=O) groups is 4. The number of hydrogen-bond acceptors (Lipinski definition) is 8. The van der Waals surface area contributed by atoms with Crippen LogP contribution in [0.2, 0.25) is 0 Å². The number of aliphatic carboxylic acids is 1. The molecule has 4 rings (SSSR count). The van der Waals surface area contributed by atoms with E-state index in [0.29, 0.717) is 17.9 Å². The Morgan fingerprint density at radius 2 is 1.74 bits per heavy atom. The average molecular weight is 595 g/mol. The molecule has 0 spiro atoms. The van der Waals surface area contributed by atoms with E-state index in [1.165, 1.54) is 12.1 Å². The molecule has 1 aromatic heterocycles. The first-order valence-electron chi connectivity index (χ1n) is 13.1. The molecule has 0 saturated carbocycles. The van der Waals surface area contributed by atoms with Gasteiger partial charge in [0.25, 0.3) is 5.91 Å². The van der Waals surface area contributed by atoms with E-state index < -0.39 is 58.9 Å². The number of aromatic nitrogens is 1. The third-order valence-corrected chi connectivity index (χ3v) is 8.37. The second kappa shape index (κ2) is 13.7. The fourth-order valence-electron chi connectivity index (χ4n) is 4.35. The highest BCUT2D eigenvalue weighted by Gasteiger charge is 2.40. The molecule has 0 radical (unpaired) electrons. The summed E-state index contributed by atoms with van der Waals surface area (Å²) in [4.78, 5) is 53.9. The standard InChI is InChI=1S/C28H30N6O7S/c35-25(18-31-26(36)19-8-6-9-20(16-19)32-24-13-4-5-14-29-24)30-17-22(28(38)39)33-27(37)23-12-7-15-34(23)42(40,41)21-10-2-1-3-11-21/h1-6,8-11,13-14,16,22-23H,7,12,15,17-18H2,(H,29,32)(H,30,35)(H,31,36)(H,33,37)(H,38,39)/t22?,23-/m0/s1. The molecular formula is C28H30N6O7S. The first-order valence-corrected chi connectivity index (χ1v) is 14.5. The van der Waals surface area contributed by atoms with Crippen molar-refractivity contribution in [3.05, 3.63) is 84.6 Å². The molecule has 0 bridgehead atoms. The van der Waals surface area contributed by atoms with E-state index in [2.05, 4.69) is 26.3 Å². The zero-order valence-corrected chi connectivity index (χ0v) is 23.2. The number of pyridine rings is 1. The first-order chi connectivity index (χ1) is 20.1. The van der Waals surface area contributed by atoms with Crippen LogP contribution in [-0.2, 0) is 24.4 Å². The highest BCUT2D eigenvalue weighted by atomic mass is 32.2. The van der Waals surface area contributed by atoms with Gasteiger partial charge in [-0.2, -0.15) is 4.31 Å². The zero-order chi connectivity index (χ0) is 30.1. The number of rotatable bonds is 12. The summed E-state index contributed by atoms with van der Waals surface area (Å²) in [6.07, 6.45) is 2.28. The fraction of sp³-hybridized carbons (Fsp3) is 0.250. The number of nitrogens with zero attached hydrogens (tertiary/aromatic N) is 2. The van der Waals surface area contributed by atoms with E-state index in [4.69, 9.17) is 0 Å². The third-order valence-electron chi connectivity index (χ3n) is 6.45. The van der Waals surface area contributed by atoms with Gasteiger partial charge in [0.15, 0.2) is 0 Å². The Labute approximate surface area is 242 Å². The quantitative estimate of drug-likeness (QED) is 0.205. The van der Waals surface area contributed by atoms with Gasteiger partial charge < -0.3 is 26.4 Å². The van der Waals surface area contributed by atoms with Gasteiger partial charge in [0.1, 0.15) is 17.9 Å². The van der Waals surface area contributed by atoms with Crippen molar-refractivity contribution in [2.75, 3.05) is 25.0 Å². The predicted molar refractivity (Wildman–Crippen MR) is 152 cm³/mol. The average Bonchev–Trinajstić information content (AvgIpc) is 3.50. The maximum absolute atomic E-state index is 13.0. The van der Waals surface area contributed by atoms with Crippen molar-refractivity contribution in [2.24, 2.45) is 0 Å². The molecule has 1 aliphatic heterocycles. The smallest absolute Gasteiger partial charge is 0.328 e. The van der Waals surface area contributed by atoms with Gasteiger partial charge in [0.05, 0.1) is 11.4 Å². The van der Waals surface area contributed by atoms with Gasteiger partial charge in [-0.1, -0.05) is 30.3 Å². The van der Waals surface area contributed by atoms with Crippen LogP contribution in [0.4, 0.5) is 11.5 Å². The summed E-state index contributed by atoms with van der Waals surface area (Å²) in [6.45, 7) is -0.800. The monoisotopic (exact) mass is 594 g/mol. The molecule has 2 aromatic carbocycles. The van der Waals surface area contributed by atoms with Crippen LogP contribution >= 0.6 is 0 Å². The molecule has 13 nitrogen and oxygen atoms in total. The SMILES string of the molecule is O=C(CNC(=O)c1cccc(Nc2ccccn2)c1)NCC(NC(=O)[C@@H]1CCCN1S(=O)(=O)c1ccccc1)C(=O)O. The predicted octanol–water partition coefficient (Wildman–Crippen LogP) is 1.09. The minimum atomic E-state index is -3.96. The van der Waals surface area contributed by atoms with Gasteiger partial charge in [-0.15, -0.1) is 0 Å². The number of carbonyl (C=O) groups excluding carboxylic acids is 3. The van der Waals surface area contributed by atoms with Gasteiger partial charge in [-0.05, 0) is 55.3 Å². The second-order valence-corrected chi connectivity index (χ2v) is 11.3. The number of sulfonamides is 1. The molecule has 1 saturated heterocycles. The Balaban J connectivity index is 1.28. The van der Waals surface area contributed by atoms with Crippen LogP contribution in [0.1, 0.15) is 23.2 Å². The fourth-order valence-corrected chi connectivity index (χ4v) is 6.03. The minimum absolute atomic E-state index is 0.0324. The lowest BCUT2D eigenvalue weighted by molar-refractivity contribution is -0.142. The first kappa shape index (κ1) is 30.1. The molecule has 5 N–H and O–H groups in total. The molecule has 0 aliphatic carbocycles. The summed E-state index contributed by atoms with van der Waals surface area (Å²) >= 11 is 0.